The maximum atomic E-state index is 13.1. The third-order valence-electron chi connectivity index (χ3n) is 5.38. The minimum absolute atomic E-state index is 0.0142. The molecule has 3 rings (SSSR count). The van der Waals surface area contributed by atoms with E-state index in [-0.39, 0.29) is 23.3 Å². The highest BCUT2D eigenvalue weighted by molar-refractivity contribution is 7.89. The Morgan fingerprint density at radius 1 is 1.21 bits per heavy atom. The molecular weight excluding hydrogens is 388 g/mol. The van der Waals surface area contributed by atoms with Crippen LogP contribution in [0.3, 0.4) is 0 Å². The maximum Gasteiger partial charge on any atom is 0.243 e. The van der Waals surface area contributed by atoms with Gasteiger partial charge in [-0.2, -0.15) is 4.31 Å². The normalized spacial score (nSPS) is 17.7. The van der Waals surface area contributed by atoms with Crippen molar-refractivity contribution in [3.05, 3.63) is 59.7 Å². The van der Waals surface area contributed by atoms with Gasteiger partial charge in [-0.3, -0.25) is 4.79 Å². The number of aryl methyl sites for hydroxylation is 1. The first kappa shape index (κ1) is 21.3. The van der Waals surface area contributed by atoms with E-state index in [1.807, 2.05) is 37.3 Å². The molecule has 1 aliphatic heterocycles. The second-order valence-electron chi connectivity index (χ2n) is 7.51. The largest absolute Gasteiger partial charge is 0.496 e. The third kappa shape index (κ3) is 4.79. The van der Waals surface area contributed by atoms with Gasteiger partial charge in [0.05, 0.1) is 17.9 Å². The molecule has 0 aromatic heterocycles. The fourth-order valence-corrected chi connectivity index (χ4v) is 5.38. The summed E-state index contributed by atoms with van der Waals surface area (Å²) in [6, 6.07) is 14.6. The van der Waals surface area contributed by atoms with Gasteiger partial charge in [0.1, 0.15) is 5.75 Å². The number of nitrogens with zero attached hydrogens (tertiary/aromatic N) is 2. The Kier molecular flexibility index (Phi) is 6.59. The van der Waals surface area contributed by atoms with E-state index >= 15 is 0 Å². The van der Waals surface area contributed by atoms with E-state index in [9.17, 15) is 13.2 Å². The number of piperidine rings is 1. The predicted octanol–water partition coefficient (Wildman–Crippen LogP) is 3.06. The first-order chi connectivity index (χ1) is 13.8. The molecule has 29 heavy (non-hydrogen) atoms. The zero-order valence-electron chi connectivity index (χ0n) is 17.2. The molecule has 0 aliphatic carbocycles. The number of carbonyl (C=O) groups excluding carboxylic acids is 1. The van der Waals surface area contributed by atoms with Crippen molar-refractivity contribution in [3.8, 4) is 5.75 Å². The van der Waals surface area contributed by atoms with E-state index in [2.05, 4.69) is 0 Å². The molecule has 0 unspecified atom stereocenters. The standard InChI is InChI=1S/C22H28N2O4S/c1-17-14-20(11-12-21(17)28-3)29(26,27)24-13-7-10-19(16-24)22(25)23(2)15-18-8-5-4-6-9-18/h4-6,8-9,11-12,14,19H,7,10,13,15-16H2,1-3H3/t19-/m1/s1. The van der Waals surface area contributed by atoms with E-state index in [1.54, 1.807) is 37.3 Å². The summed E-state index contributed by atoms with van der Waals surface area (Å²) in [5.41, 5.74) is 1.82. The molecule has 0 bridgehead atoms. The van der Waals surface area contributed by atoms with E-state index in [4.69, 9.17) is 4.74 Å². The minimum Gasteiger partial charge on any atom is -0.496 e. The van der Waals surface area contributed by atoms with Crippen LogP contribution in [0.1, 0.15) is 24.0 Å². The van der Waals surface area contributed by atoms with Gasteiger partial charge in [0.2, 0.25) is 15.9 Å². The number of hydrogen-bond donors (Lipinski definition) is 0. The predicted molar refractivity (Wildman–Crippen MR) is 112 cm³/mol. The summed E-state index contributed by atoms with van der Waals surface area (Å²) in [7, 11) is -0.321. The quantitative estimate of drug-likeness (QED) is 0.726. The number of sulfonamides is 1. The molecule has 1 fully saturated rings. The molecular formula is C22H28N2O4S. The summed E-state index contributed by atoms with van der Waals surface area (Å²) in [5, 5.41) is 0. The average molecular weight is 417 g/mol. The first-order valence-corrected chi connectivity index (χ1v) is 11.2. The highest BCUT2D eigenvalue weighted by Crippen LogP contribution is 2.28. The Hall–Kier alpha value is -2.38. The Morgan fingerprint density at radius 3 is 2.59 bits per heavy atom. The molecule has 2 aromatic carbocycles. The van der Waals surface area contributed by atoms with Gasteiger partial charge in [0.25, 0.3) is 0 Å². The van der Waals surface area contributed by atoms with Crippen LogP contribution in [-0.2, 0) is 21.4 Å². The monoisotopic (exact) mass is 416 g/mol. The summed E-state index contributed by atoms with van der Waals surface area (Å²) in [5.74, 6) is 0.310. The lowest BCUT2D eigenvalue weighted by Crippen LogP contribution is -2.45. The van der Waals surface area contributed by atoms with Gasteiger partial charge < -0.3 is 9.64 Å². The molecule has 1 saturated heterocycles. The van der Waals surface area contributed by atoms with Gasteiger partial charge in [0.15, 0.2) is 0 Å². The number of benzene rings is 2. The van der Waals surface area contributed by atoms with Crippen molar-refractivity contribution in [1.29, 1.82) is 0 Å². The summed E-state index contributed by atoms with van der Waals surface area (Å²) in [4.78, 5) is 14.9. The molecule has 2 aromatic rings. The van der Waals surface area contributed by atoms with Gasteiger partial charge in [0, 0.05) is 26.7 Å². The topological polar surface area (TPSA) is 66.9 Å². The lowest BCUT2D eigenvalue weighted by molar-refractivity contribution is -0.135. The smallest absolute Gasteiger partial charge is 0.243 e. The Labute approximate surface area is 173 Å². The molecule has 1 aliphatic rings. The number of carbonyl (C=O) groups is 1. The highest BCUT2D eigenvalue weighted by atomic mass is 32.2. The highest BCUT2D eigenvalue weighted by Gasteiger charge is 2.34. The molecule has 7 heteroatoms. The number of amides is 1. The van der Waals surface area contributed by atoms with Crippen molar-refractivity contribution in [2.24, 2.45) is 5.92 Å². The summed E-state index contributed by atoms with van der Waals surface area (Å²) < 4.78 is 32.9. The second-order valence-corrected chi connectivity index (χ2v) is 9.45. The Morgan fingerprint density at radius 2 is 1.93 bits per heavy atom. The average Bonchev–Trinajstić information content (AvgIpc) is 2.74. The fourth-order valence-electron chi connectivity index (χ4n) is 3.77. The number of methoxy groups -OCH3 is 1. The molecule has 0 spiro atoms. The van der Waals surface area contributed by atoms with Gasteiger partial charge in [-0.1, -0.05) is 30.3 Å². The van der Waals surface area contributed by atoms with Crippen LogP contribution in [0, 0.1) is 12.8 Å². The summed E-state index contributed by atoms with van der Waals surface area (Å²) in [6.45, 7) is 2.98. The molecule has 1 atom stereocenters. The third-order valence-corrected chi connectivity index (χ3v) is 7.24. The van der Waals surface area contributed by atoms with Gasteiger partial charge >= 0.3 is 0 Å². The fraction of sp³-hybridized carbons (Fsp3) is 0.409. The van der Waals surface area contributed by atoms with Crippen molar-refractivity contribution in [2.75, 3.05) is 27.2 Å². The molecule has 6 nitrogen and oxygen atoms in total. The van der Waals surface area contributed by atoms with Gasteiger partial charge in [-0.15, -0.1) is 0 Å². The summed E-state index contributed by atoms with van der Waals surface area (Å²) >= 11 is 0. The minimum atomic E-state index is -3.65. The van der Waals surface area contributed by atoms with Crippen LogP contribution in [0.25, 0.3) is 0 Å². The van der Waals surface area contributed by atoms with E-state index < -0.39 is 10.0 Å². The van der Waals surface area contributed by atoms with E-state index in [1.165, 1.54) is 4.31 Å². The van der Waals surface area contributed by atoms with E-state index in [0.29, 0.717) is 31.7 Å². The molecule has 1 heterocycles. The van der Waals surface area contributed by atoms with Crippen LogP contribution in [0.5, 0.6) is 5.75 Å². The summed E-state index contributed by atoms with van der Waals surface area (Å²) in [6.07, 6.45) is 1.37. The van der Waals surface area contributed by atoms with Crippen molar-refractivity contribution in [3.63, 3.8) is 0 Å². The van der Waals surface area contributed by atoms with Gasteiger partial charge in [-0.05, 0) is 49.1 Å². The molecule has 1 amide bonds. The number of rotatable bonds is 6. The number of ether oxygens (including phenoxy) is 1. The van der Waals surface area contributed by atoms with Gasteiger partial charge in [-0.25, -0.2) is 8.42 Å². The Balaban J connectivity index is 1.72. The molecule has 156 valence electrons. The second kappa shape index (κ2) is 8.97. The van der Waals surface area contributed by atoms with Crippen LogP contribution >= 0.6 is 0 Å². The lowest BCUT2D eigenvalue weighted by Gasteiger charge is -2.33. The molecule has 0 N–H and O–H groups in total. The number of hydrogen-bond acceptors (Lipinski definition) is 4. The van der Waals surface area contributed by atoms with Crippen molar-refractivity contribution >= 4 is 15.9 Å². The maximum absolute atomic E-state index is 13.1. The van der Waals surface area contributed by atoms with Crippen molar-refractivity contribution < 1.29 is 17.9 Å². The van der Waals surface area contributed by atoms with Crippen molar-refractivity contribution in [1.82, 2.24) is 9.21 Å². The van der Waals surface area contributed by atoms with E-state index in [0.717, 1.165) is 11.1 Å². The van der Waals surface area contributed by atoms with Crippen LogP contribution < -0.4 is 4.74 Å². The van der Waals surface area contributed by atoms with Crippen LogP contribution in [0.2, 0.25) is 0 Å². The lowest BCUT2D eigenvalue weighted by atomic mass is 9.98. The first-order valence-electron chi connectivity index (χ1n) is 9.76. The SMILES string of the molecule is COc1ccc(S(=O)(=O)N2CCC[C@@H](C(=O)N(C)Cc3ccccc3)C2)cc1C. The molecule has 0 saturated carbocycles. The zero-order chi connectivity index (χ0) is 21.0. The van der Waals surface area contributed by atoms with Crippen molar-refractivity contribution in [2.45, 2.75) is 31.2 Å². The Bertz CT molecular complexity index is 960. The zero-order valence-corrected chi connectivity index (χ0v) is 18.0. The van der Waals surface area contributed by atoms with Crippen LogP contribution in [0.4, 0.5) is 0 Å². The molecule has 0 radical (unpaired) electrons. The van der Waals surface area contributed by atoms with Crippen LogP contribution in [0.15, 0.2) is 53.4 Å². The van der Waals surface area contributed by atoms with Crippen LogP contribution in [-0.4, -0.2) is 50.8 Å².